The molecule has 2 rings (SSSR count). The Bertz CT molecular complexity index is 857. The van der Waals surface area contributed by atoms with Gasteiger partial charge in [0, 0.05) is 5.41 Å². The second-order valence-corrected chi connectivity index (χ2v) is 12.3. The summed E-state index contributed by atoms with van der Waals surface area (Å²) in [5.74, 6) is 2.80. The molecule has 0 saturated heterocycles. The lowest BCUT2D eigenvalue weighted by atomic mass is 9.71. The molecule has 2 aromatic carbocycles. The van der Waals surface area contributed by atoms with Gasteiger partial charge in [-0.3, -0.25) is 0 Å². The van der Waals surface area contributed by atoms with Crippen LogP contribution in [0.2, 0.25) is 0 Å². The Morgan fingerprint density at radius 1 is 0.515 bits per heavy atom. The van der Waals surface area contributed by atoms with E-state index in [-0.39, 0.29) is 5.41 Å². The van der Waals surface area contributed by atoms with Crippen LogP contribution in [-0.2, 0) is 31.1 Å². The summed E-state index contributed by atoms with van der Waals surface area (Å²) in [6.45, 7) is 22.4. The zero-order valence-corrected chi connectivity index (χ0v) is 22.8. The van der Waals surface area contributed by atoms with Crippen LogP contribution in [-0.4, -0.2) is 10.2 Å². The highest BCUT2D eigenvalue weighted by molar-refractivity contribution is 5.54. The van der Waals surface area contributed by atoms with Crippen LogP contribution in [0.25, 0.3) is 0 Å². The molecule has 2 nitrogen and oxygen atoms in total. The van der Waals surface area contributed by atoms with E-state index in [1.165, 1.54) is 22.3 Å². The van der Waals surface area contributed by atoms with Crippen molar-refractivity contribution in [3.05, 3.63) is 57.6 Å². The predicted molar refractivity (Wildman–Crippen MR) is 143 cm³/mol. The fraction of sp³-hybridized carbons (Fsp3) is 0.613. The number of benzene rings is 2. The minimum atomic E-state index is -0.243. The molecular weight excluding hydrogens is 404 g/mol. The molecule has 0 atom stereocenters. The van der Waals surface area contributed by atoms with E-state index in [4.69, 9.17) is 0 Å². The molecule has 0 unspecified atom stereocenters. The van der Waals surface area contributed by atoms with Crippen molar-refractivity contribution in [3.63, 3.8) is 0 Å². The molecule has 2 N–H and O–H groups in total. The fourth-order valence-electron chi connectivity index (χ4n) is 5.09. The SMILES string of the molecule is CC(C)Cc1cc(C(C)(C)c2cc(CC(C)C)c(O)cc2CC(C)C)c(CC(C)C)cc1O. The van der Waals surface area contributed by atoms with Crippen molar-refractivity contribution in [1.29, 1.82) is 0 Å². The number of hydrogen-bond acceptors (Lipinski definition) is 2. The molecule has 0 fully saturated rings. The molecule has 0 saturated carbocycles. The van der Waals surface area contributed by atoms with Crippen molar-refractivity contribution >= 4 is 0 Å². The average Bonchev–Trinajstić information content (AvgIpc) is 2.64. The lowest BCUT2D eigenvalue weighted by Crippen LogP contribution is -2.25. The summed E-state index contributed by atoms with van der Waals surface area (Å²) in [6.07, 6.45) is 3.60. The summed E-state index contributed by atoms with van der Waals surface area (Å²) < 4.78 is 0. The zero-order valence-electron chi connectivity index (χ0n) is 22.8. The summed E-state index contributed by atoms with van der Waals surface area (Å²) in [6, 6.07) is 8.57. The first kappa shape index (κ1) is 27.3. The van der Waals surface area contributed by atoms with Crippen molar-refractivity contribution in [2.24, 2.45) is 23.7 Å². The van der Waals surface area contributed by atoms with E-state index in [2.05, 4.69) is 81.4 Å². The highest BCUT2D eigenvalue weighted by Crippen LogP contribution is 2.42. The molecular formula is C31H48O2. The molecule has 2 aromatic rings. The third-order valence-corrected chi connectivity index (χ3v) is 6.47. The van der Waals surface area contributed by atoms with Gasteiger partial charge in [0.15, 0.2) is 0 Å². The molecule has 0 aliphatic heterocycles. The van der Waals surface area contributed by atoms with Crippen molar-refractivity contribution in [2.45, 2.75) is 100 Å². The Morgan fingerprint density at radius 2 is 0.788 bits per heavy atom. The van der Waals surface area contributed by atoms with Crippen molar-refractivity contribution < 1.29 is 10.2 Å². The highest BCUT2D eigenvalue weighted by atomic mass is 16.3. The molecule has 0 amide bonds. The van der Waals surface area contributed by atoms with Crippen LogP contribution in [0, 0.1) is 23.7 Å². The van der Waals surface area contributed by atoms with Crippen LogP contribution in [0.3, 0.4) is 0 Å². The third-order valence-electron chi connectivity index (χ3n) is 6.47. The standard InChI is InChI=1S/C31H48O2/c1-19(2)11-23-17-29(32)25(13-21(5)6)15-27(23)31(9,10)28-16-26(14-22(7)8)30(33)18-24(28)12-20(3)4/h15-22,32-33H,11-14H2,1-10H3. The monoisotopic (exact) mass is 452 g/mol. The number of phenolic OH excluding ortho intramolecular Hbond substituents is 2. The summed E-state index contributed by atoms with van der Waals surface area (Å²) in [7, 11) is 0. The molecule has 0 aromatic heterocycles. The number of rotatable bonds is 10. The van der Waals surface area contributed by atoms with Gasteiger partial charge in [0.05, 0.1) is 0 Å². The van der Waals surface area contributed by atoms with Crippen molar-refractivity contribution in [1.82, 2.24) is 0 Å². The first-order chi connectivity index (χ1) is 15.2. The van der Waals surface area contributed by atoms with Crippen LogP contribution in [0.5, 0.6) is 11.5 Å². The zero-order chi connectivity index (χ0) is 25.1. The minimum Gasteiger partial charge on any atom is -0.508 e. The Hall–Kier alpha value is -1.96. The van der Waals surface area contributed by atoms with Gasteiger partial charge in [-0.05, 0) is 94.9 Å². The first-order valence-electron chi connectivity index (χ1n) is 12.9. The second kappa shape index (κ2) is 11.0. The quantitative estimate of drug-likeness (QED) is 0.381. The van der Waals surface area contributed by atoms with Gasteiger partial charge in [-0.2, -0.15) is 0 Å². The molecule has 0 spiro atoms. The van der Waals surface area contributed by atoms with Crippen molar-refractivity contribution in [3.8, 4) is 11.5 Å². The maximum Gasteiger partial charge on any atom is 0.119 e. The lowest BCUT2D eigenvalue weighted by Gasteiger charge is -2.33. The number of aromatic hydroxyl groups is 2. The number of hydrogen-bond donors (Lipinski definition) is 2. The van der Waals surface area contributed by atoms with E-state index in [1.807, 2.05) is 12.1 Å². The topological polar surface area (TPSA) is 40.5 Å². The molecule has 0 radical (unpaired) electrons. The second-order valence-electron chi connectivity index (χ2n) is 12.3. The van der Waals surface area contributed by atoms with Crippen LogP contribution in [0.1, 0.15) is 103 Å². The summed E-state index contributed by atoms with van der Waals surface area (Å²) in [5, 5.41) is 21.7. The van der Waals surface area contributed by atoms with E-state index < -0.39 is 0 Å². The van der Waals surface area contributed by atoms with Gasteiger partial charge in [0.2, 0.25) is 0 Å². The number of phenols is 2. The normalized spacial score (nSPS) is 12.5. The third kappa shape index (κ3) is 7.01. The highest BCUT2D eigenvalue weighted by Gasteiger charge is 2.31. The summed E-state index contributed by atoms with van der Waals surface area (Å²) in [5.41, 5.74) is 6.89. The summed E-state index contributed by atoms with van der Waals surface area (Å²) in [4.78, 5) is 0. The van der Waals surface area contributed by atoms with Gasteiger partial charge in [-0.15, -0.1) is 0 Å². The van der Waals surface area contributed by atoms with E-state index in [0.29, 0.717) is 35.2 Å². The molecule has 2 heteroatoms. The van der Waals surface area contributed by atoms with Crippen LogP contribution >= 0.6 is 0 Å². The maximum atomic E-state index is 10.8. The minimum absolute atomic E-state index is 0.243. The lowest BCUT2D eigenvalue weighted by molar-refractivity contribution is 0.457. The van der Waals surface area contributed by atoms with E-state index in [9.17, 15) is 10.2 Å². The van der Waals surface area contributed by atoms with Gasteiger partial charge in [0.1, 0.15) is 11.5 Å². The first-order valence-corrected chi connectivity index (χ1v) is 12.9. The predicted octanol–water partition coefficient (Wildman–Crippen LogP) is 8.22. The summed E-state index contributed by atoms with van der Waals surface area (Å²) >= 11 is 0. The van der Waals surface area contributed by atoms with Crippen LogP contribution in [0.15, 0.2) is 24.3 Å². The fourth-order valence-corrected chi connectivity index (χ4v) is 5.09. The van der Waals surface area contributed by atoms with Crippen LogP contribution < -0.4 is 0 Å². The molecule has 0 bridgehead atoms. The van der Waals surface area contributed by atoms with Gasteiger partial charge in [-0.1, -0.05) is 81.4 Å². The van der Waals surface area contributed by atoms with Gasteiger partial charge < -0.3 is 10.2 Å². The average molecular weight is 453 g/mol. The van der Waals surface area contributed by atoms with E-state index >= 15 is 0 Å². The molecule has 0 aliphatic carbocycles. The van der Waals surface area contributed by atoms with Crippen molar-refractivity contribution in [2.75, 3.05) is 0 Å². The van der Waals surface area contributed by atoms with Gasteiger partial charge in [-0.25, -0.2) is 0 Å². The molecule has 33 heavy (non-hydrogen) atoms. The smallest absolute Gasteiger partial charge is 0.119 e. The van der Waals surface area contributed by atoms with Gasteiger partial charge >= 0.3 is 0 Å². The molecule has 184 valence electrons. The Labute approximate surface area is 203 Å². The molecule has 0 heterocycles. The van der Waals surface area contributed by atoms with Crippen LogP contribution in [0.4, 0.5) is 0 Å². The molecule has 0 aliphatic rings. The Balaban J connectivity index is 2.79. The largest absolute Gasteiger partial charge is 0.508 e. The Morgan fingerprint density at radius 3 is 1.06 bits per heavy atom. The van der Waals surface area contributed by atoms with E-state index in [1.54, 1.807) is 0 Å². The van der Waals surface area contributed by atoms with Gasteiger partial charge in [0.25, 0.3) is 0 Å². The maximum absolute atomic E-state index is 10.8. The van der Waals surface area contributed by atoms with E-state index in [0.717, 1.165) is 36.8 Å². The Kier molecular flexibility index (Phi) is 9.08.